The number of ketones is 2. The smallest absolute Gasteiger partial charge is 0.192 e. The number of nitrogens with one attached hydrogen (secondary N) is 1. The molecule has 2 aromatic heterocycles. The summed E-state index contributed by atoms with van der Waals surface area (Å²) in [6.45, 7) is 6.92. The standard InChI is InChI=1S/C20H21ClN4O2S/c1-10-16(12(3)26)11(2)22-17(10)18(27)13(4)28-20-24-23-19(25(20)5)14-8-6-7-9-15(14)21/h6-9,13,22H,1-5H3/t13-/m0/s1. The minimum Gasteiger partial charge on any atom is -0.355 e. The highest BCUT2D eigenvalue weighted by Crippen LogP contribution is 2.31. The normalized spacial score (nSPS) is 12.2. The van der Waals surface area contributed by atoms with Gasteiger partial charge in [-0.15, -0.1) is 10.2 Å². The van der Waals surface area contributed by atoms with E-state index in [2.05, 4.69) is 15.2 Å². The molecule has 0 fully saturated rings. The van der Waals surface area contributed by atoms with Gasteiger partial charge in [-0.3, -0.25) is 9.59 Å². The molecule has 3 aromatic rings. The Hall–Kier alpha value is -2.38. The molecule has 0 aliphatic heterocycles. The van der Waals surface area contributed by atoms with Gasteiger partial charge in [0.25, 0.3) is 0 Å². The molecule has 6 nitrogen and oxygen atoms in total. The number of Topliss-reactive ketones (excluding diaryl/α,β-unsaturated/α-hetero) is 2. The van der Waals surface area contributed by atoms with Crippen molar-refractivity contribution in [2.45, 2.75) is 38.1 Å². The second-order valence-corrected chi connectivity index (χ2v) is 8.37. The lowest BCUT2D eigenvalue weighted by molar-refractivity contribution is 0.0988. The van der Waals surface area contributed by atoms with Crippen molar-refractivity contribution in [2.24, 2.45) is 7.05 Å². The van der Waals surface area contributed by atoms with E-state index in [1.807, 2.05) is 36.7 Å². The molecule has 2 heterocycles. The fourth-order valence-corrected chi connectivity index (χ4v) is 4.33. The molecule has 0 radical (unpaired) electrons. The van der Waals surface area contributed by atoms with E-state index in [0.717, 1.165) is 5.56 Å². The van der Waals surface area contributed by atoms with Crippen molar-refractivity contribution in [3.05, 3.63) is 51.8 Å². The monoisotopic (exact) mass is 416 g/mol. The molecule has 1 N–H and O–H groups in total. The van der Waals surface area contributed by atoms with Crippen molar-refractivity contribution in [2.75, 3.05) is 0 Å². The molecule has 3 rings (SSSR count). The molecule has 0 aliphatic rings. The summed E-state index contributed by atoms with van der Waals surface area (Å²) in [7, 11) is 1.84. The van der Waals surface area contributed by atoms with Gasteiger partial charge in [0, 0.05) is 23.9 Å². The molecule has 0 unspecified atom stereocenters. The van der Waals surface area contributed by atoms with E-state index in [0.29, 0.717) is 38.5 Å². The average molecular weight is 417 g/mol. The Labute approximate surface area is 172 Å². The van der Waals surface area contributed by atoms with Gasteiger partial charge in [0.1, 0.15) is 0 Å². The fraction of sp³-hybridized carbons (Fsp3) is 0.300. The summed E-state index contributed by atoms with van der Waals surface area (Å²) in [6, 6.07) is 7.42. The van der Waals surface area contributed by atoms with Crippen LogP contribution in [0.5, 0.6) is 0 Å². The molecule has 0 aliphatic carbocycles. The average Bonchev–Trinajstić information content (AvgIpc) is 3.14. The molecule has 28 heavy (non-hydrogen) atoms. The lowest BCUT2D eigenvalue weighted by Gasteiger charge is -2.10. The van der Waals surface area contributed by atoms with Gasteiger partial charge >= 0.3 is 0 Å². The van der Waals surface area contributed by atoms with Crippen LogP contribution < -0.4 is 0 Å². The van der Waals surface area contributed by atoms with Crippen LogP contribution in [0.25, 0.3) is 11.4 Å². The highest BCUT2D eigenvalue weighted by atomic mass is 35.5. The third-order valence-electron chi connectivity index (χ3n) is 4.64. The molecule has 0 amide bonds. The van der Waals surface area contributed by atoms with Crippen LogP contribution in [-0.2, 0) is 7.05 Å². The van der Waals surface area contributed by atoms with E-state index in [9.17, 15) is 9.59 Å². The van der Waals surface area contributed by atoms with E-state index in [-0.39, 0.29) is 11.6 Å². The minimum absolute atomic E-state index is 0.0525. The van der Waals surface area contributed by atoms with Crippen LogP contribution in [0, 0.1) is 13.8 Å². The lowest BCUT2D eigenvalue weighted by atomic mass is 10.0. The zero-order valence-electron chi connectivity index (χ0n) is 16.3. The van der Waals surface area contributed by atoms with Crippen molar-refractivity contribution < 1.29 is 9.59 Å². The molecule has 0 spiro atoms. The number of rotatable bonds is 6. The van der Waals surface area contributed by atoms with E-state index in [1.54, 1.807) is 19.9 Å². The first-order chi connectivity index (χ1) is 13.2. The van der Waals surface area contributed by atoms with Crippen LogP contribution in [0.15, 0.2) is 29.4 Å². The maximum absolute atomic E-state index is 13.0. The molecular formula is C20H21ClN4O2S. The number of H-pyrrole nitrogens is 1. The molecular weight excluding hydrogens is 396 g/mol. The maximum atomic E-state index is 13.0. The second kappa shape index (κ2) is 7.93. The lowest BCUT2D eigenvalue weighted by Crippen LogP contribution is -2.16. The van der Waals surface area contributed by atoms with Crippen molar-refractivity contribution in [3.8, 4) is 11.4 Å². The number of carbonyl (C=O) groups excluding carboxylic acids is 2. The van der Waals surface area contributed by atoms with E-state index >= 15 is 0 Å². The first-order valence-electron chi connectivity index (χ1n) is 8.77. The van der Waals surface area contributed by atoms with Crippen molar-refractivity contribution >= 4 is 34.9 Å². The summed E-state index contributed by atoms with van der Waals surface area (Å²) < 4.78 is 1.82. The number of aromatic amines is 1. The third kappa shape index (κ3) is 3.64. The highest BCUT2D eigenvalue weighted by Gasteiger charge is 2.26. The first-order valence-corrected chi connectivity index (χ1v) is 10.0. The third-order valence-corrected chi connectivity index (χ3v) is 6.10. The second-order valence-electron chi connectivity index (χ2n) is 6.65. The number of halogens is 1. The molecule has 0 bridgehead atoms. The Bertz CT molecular complexity index is 1070. The Kier molecular flexibility index (Phi) is 5.76. The fourth-order valence-electron chi connectivity index (χ4n) is 3.23. The Balaban J connectivity index is 1.85. The molecule has 0 saturated heterocycles. The number of aryl methyl sites for hydroxylation is 1. The number of carbonyl (C=O) groups is 2. The first kappa shape index (κ1) is 20.4. The largest absolute Gasteiger partial charge is 0.355 e. The van der Waals surface area contributed by atoms with Gasteiger partial charge < -0.3 is 9.55 Å². The quantitative estimate of drug-likeness (QED) is 0.467. The Morgan fingerprint density at radius 1 is 1.21 bits per heavy atom. The van der Waals surface area contributed by atoms with E-state index < -0.39 is 5.25 Å². The molecule has 1 aromatic carbocycles. The van der Waals surface area contributed by atoms with Gasteiger partial charge in [-0.05, 0) is 45.4 Å². The molecule has 0 saturated carbocycles. The van der Waals surface area contributed by atoms with Crippen molar-refractivity contribution in [1.29, 1.82) is 0 Å². The summed E-state index contributed by atoms with van der Waals surface area (Å²) in [4.78, 5) is 27.9. The SMILES string of the molecule is CC(=O)c1c(C)[nH]c(C(=O)[C@H](C)Sc2nnc(-c3ccccc3Cl)n2C)c1C. The van der Waals surface area contributed by atoms with Crippen LogP contribution >= 0.6 is 23.4 Å². The zero-order chi connectivity index (χ0) is 20.6. The number of benzene rings is 1. The topological polar surface area (TPSA) is 80.6 Å². The van der Waals surface area contributed by atoms with Gasteiger partial charge in [0.2, 0.25) is 0 Å². The predicted molar refractivity (Wildman–Crippen MR) is 111 cm³/mol. The summed E-state index contributed by atoms with van der Waals surface area (Å²) in [5.74, 6) is 0.502. The van der Waals surface area contributed by atoms with Gasteiger partial charge in [0.05, 0.1) is 16.0 Å². The summed E-state index contributed by atoms with van der Waals surface area (Å²) in [6.07, 6.45) is 0. The molecule has 146 valence electrons. The summed E-state index contributed by atoms with van der Waals surface area (Å²) >= 11 is 7.58. The van der Waals surface area contributed by atoms with Crippen LogP contribution in [0.3, 0.4) is 0 Å². The van der Waals surface area contributed by atoms with Gasteiger partial charge in [-0.1, -0.05) is 35.5 Å². The van der Waals surface area contributed by atoms with Gasteiger partial charge in [-0.25, -0.2) is 0 Å². The zero-order valence-corrected chi connectivity index (χ0v) is 17.9. The molecule has 8 heteroatoms. The molecule has 1 atom stereocenters. The summed E-state index contributed by atoms with van der Waals surface area (Å²) in [5, 5.41) is 9.26. The number of hydrogen-bond donors (Lipinski definition) is 1. The van der Waals surface area contributed by atoms with Gasteiger partial charge in [-0.2, -0.15) is 0 Å². The number of hydrogen-bond acceptors (Lipinski definition) is 5. The van der Waals surface area contributed by atoms with Gasteiger partial charge in [0.15, 0.2) is 22.5 Å². The van der Waals surface area contributed by atoms with Crippen LogP contribution in [0.1, 0.15) is 46.0 Å². The maximum Gasteiger partial charge on any atom is 0.192 e. The number of aromatic nitrogens is 4. The van der Waals surface area contributed by atoms with Crippen LogP contribution in [0.2, 0.25) is 5.02 Å². The minimum atomic E-state index is -0.404. The van der Waals surface area contributed by atoms with E-state index in [4.69, 9.17) is 11.6 Å². The number of thioether (sulfide) groups is 1. The van der Waals surface area contributed by atoms with Crippen LogP contribution in [-0.4, -0.2) is 36.6 Å². The van der Waals surface area contributed by atoms with Crippen molar-refractivity contribution in [3.63, 3.8) is 0 Å². The summed E-state index contributed by atoms with van der Waals surface area (Å²) in [5.41, 5.74) is 3.24. The number of nitrogens with zero attached hydrogens (tertiary/aromatic N) is 3. The Morgan fingerprint density at radius 2 is 1.89 bits per heavy atom. The Morgan fingerprint density at radius 3 is 2.50 bits per heavy atom. The van der Waals surface area contributed by atoms with Crippen molar-refractivity contribution in [1.82, 2.24) is 19.7 Å². The predicted octanol–water partition coefficient (Wildman–Crippen LogP) is 4.65. The highest BCUT2D eigenvalue weighted by molar-refractivity contribution is 8.00. The van der Waals surface area contributed by atoms with E-state index in [1.165, 1.54) is 18.7 Å². The van der Waals surface area contributed by atoms with Crippen LogP contribution in [0.4, 0.5) is 0 Å².